The second-order valence-electron chi connectivity index (χ2n) is 5.57. The molecule has 27 heavy (non-hydrogen) atoms. The average molecular weight is 382 g/mol. The second-order valence-corrected chi connectivity index (χ2v) is 6.01. The van der Waals surface area contributed by atoms with E-state index in [4.69, 9.17) is 20.9 Å². The first-order chi connectivity index (χ1) is 13.1. The van der Waals surface area contributed by atoms with Crippen molar-refractivity contribution in [2.24, 2.45) is 0 Å². The van der Waals surface area contributed by atoms with E-state index >= 15 is 0 Å². The van der Waals surface area contributed by atoms with Gasteiger partial charge in [-0.3, -0.25) is 4.79 Å². The number of carbonyl (C=O) groups excluding carboxylic acids is 2. The highest BCUT2D eigenvalue weighted by atomic mass is 35.5. The van der Waals surface area contributed by atoms with Gasteiger partial charge in [0.15, 0.2) is 11.5 Å². The van der Waals surface area contributed by atoms with Crippen LogP contribution in [0.25, 0.3) is 12.2 Å². The summed E-state index contributed by atoms with van der Waals surface area (Å²) in [5, 5.41) is 4.35. The monoisotopic (exact) mass is 381 g/mol. The molecular weight excluding hydrogens is 366 g/mol. The number of hydrogen-bond donors (Lipinski definition) is 0. The minimum Gasteiger partial charge on any atom is -0.461 e. The zero-order valence-electron chi connectivity index (χ0n) is 14.5. The number of benzene rings is 2. The molecule has 2 aromatic carbocycles. The van der Waals surface area contributed by atoms with Crippen molar-refractivity contribution < 1.29 is 18.8 Å². The summed E-state index contributed by atoms with van der Waals surface area (Å²) in [5.74, 6) is -0.902. The Morgan fingerprint density at radius 1 is 1.11 bits per heavy atom. The fourth-order valence-electron chi connectivity index (χ4n) is 2.49. The van der Waals surface area contributed by atoms with Crippen molar-refractivity contribution in [3.05, 3.63) is 87.8 Å². The van der Waals surface area contributed by atoms with E-state index in [9.17, 15) is 9.59 Å². The van der Waals surface area contributed by atoms with E-state index in [1.165, 1.54) is 0 Å². The number of nitrogens with zero attached hydrogens (tertiary/aromatic N) is 1. The second kappa shape index (κ2) is 8.47. The van der Waals surface area contributed by atoms with Gasteiger partial charge in [0.2, 0.25) is 5.69 Å². The number of rotatable bonds is 6. The number of ketones is 1. The molecule has 0 spiro atoms. The van der Waals surface area contributed by atoms with Gasteiger partial charge in [0.1, 0.15) is 5.56 Å². The molecule has 0 atom stereocenters. The van der Waals surface area contributed by atoms with Gasteiger partial charge in [-0.05, 0) is 30.7 Å². The lowest BCUT2D eigenvalue weighted by Gasteiger charge is -2.02. The van der Waals surface area contributed by atoms with Crippen molar-refractivity contribution in [3.63, 3.8) is 0 Å². The minimum absolute atomic E-state index is 0.0675. The summed E-state index contributed by atoms with van der Waals surface area (Å²) in [6, 6.07) is 15.8. The first-order valence-corrected chi connectivity index (χ1v) is 8.68. The number of carbonyl (C=O) groups is 2. The molecular formula is C21H16ClNO4. The Bertz CT molecular complexity index is 992. The van der Waals surface area contributed by atoms with Crippen LogP contribution in [0.4, 0.5) is 0 Å². The number of esters is 1. The molecule has 136 valence electrons. The van der Waals surface area contributed by atoms with Gasteiger partial charge in [0.05, 0.1) is 6.61 Å². The smallest absolute Gasteiger partial charge is 0.361 e. The van der Waals surface area contributed by atoms with E-state index in [0.717, 1.165) is 5.56 Å². The third kappa shape index (κ3) is 4.33. The number of ether oxygens (including phenoxy) is 1. The topological polar surface area (TPSA) is 69.4 Å². The van der Waals surface area contributed by atoms with E-state index in [1.54, 1.807) is 61.5 Å². The van der Waals surface area contributed by atoms with Crippen LogP contribution in [-0.4, -0.2) is 23.5 Å². The zero-order chi connectivity index (χ0) is 19.2. The molecule has 0 aliphatic rings. The molecule has 0 fully saturated rings. The summed E-state index contributed by atoms with van der Waals surface area (Å²) in [6.45, 7) is 1.84. The van der Waals surface area contributed by atoms with Crippen LogP contribution in [0.3, 0.4) is 0 Å². The van der Waals surface area contributed by atoms with E-state index in [2.05, 4.69) is 5.16 Å². The molecule has 0 bridgehead atoms. The molecule has 0 N–H and O–H groups in total. The average Bonchev–Trinajstić information content (AvgIpc) is 3.11. The maximum Gasteiger partial charge on any atom is 0.361 e. The van der Waals surface area contributed by atoms with Crippen LogP contribution in [-0.2, 0) is 4.74 Å². The van der Waals surface area contributed by atoms with Crippen molar-refractivity contribution in [3.8, 4) is 0 Å². The van der Waals surface area contributed by atoms with Crippen molar-refractivity contribution in [1.82, 2.24) is 5.16 Å². The summed E-state index contributed by atoms with van der Waals surface area (Å²) < 4.78 is 10.3. The molecule has 0 saturated carbocycles. The summed E-state index contributed by atoms with van der Waals surface area (Å²) >= 11 is 5.98. The Morgan fingerprint density at radius 2 is 1.89 bits per heavy atom. The summed E-state index contributed by atoms with van der Waals surface area (Å²) in [6.07, 6.45) is 3.31. The predicted octanol–water partition coefficient (Wildman–Crippen LogP) is 4.91. The number of halogens is 1. The fourth-order valence-corrected chi connectivity index (χ4v) is 2.69. The third-order valence-electron chi connectivity index (χ3n) is 3.73. The van der Waals surface area contributed by atoms with Gasteiger partial charge in [0.25, 0.3) is 0 Å². The Kier molecular flexibility index (Phi) is 5.84. The molecule has 0 aliphatic carbocycles. The van der Waals surface area contributed by atoms with Gasteiger partial charge < -0.3 is 9.26 Å². The van der Waals surface area contributed by atoms with E-state index in [1.807, 2.05) is 12.1 Å². The molecule has 1 aromatic heterocycles. The Morgan fingerprint density at radius 3 is 2.59 bits per heavy atom. The van der Waals surface area contributed by atoms with Gasteiger partial charge in [0, 0.05) is 10.6 Å². The standard InChI is InChI=1S/C21H16ClNO4/c1-2-26-21(25)19-18(20(24)15-8-4-3-5-9-15)17(27-23-19)12-11-14-7-6-10-16(22)13-14/h3-13H,2H2,1H3/b12-11+. The Balaban J connectivity index is 2.03. The van der Waals surface area contributed by atoms with Crippen molar-refractivity contribution in [2.75, 3.05) is 6.61 Å². The molecule has 1 heterocycles. The largest absolute Gasteiger partial charge is 0.461 e. The Labute approximate surface area is 161 Å². The minimum atomic E-state index is -0.706. The highest BCUT2D eigenvalue weighted by molar-refractivity contribution is 6.30. The van der Waals surface area contributed by atoms with Gasteiger partial charge in [-0.15, -0.1) is 0 Å². The quantitative estimate of drug-likeness (QED) is 0.448. The van der Waals surface area contributed by atoms with Gasteiger partial charge in [-0.1, -0.05) is 65.3 Å². The van der Waals surface area contributed by atoms with Crippen molar-refractivity contribution in [1.29, 1.82) is 0 Å². The number of aromatic nitrogens is 1. The lowest BCUT2D eigenvalue weighted by atomic mass is 10.0. The van der Waals surface area contributed by atoms with E-state index in [-0.39, 0.29) is 29.4 Å². The van der Waals surface area contributed by atoms with Crippen LogP contribution in [0.2, 0.25) is 5.02 Å². The van der Waals surface area contributed by atoms with Crippen LogP contribution < -0.4 is 0 Å². The van der Waals surface area contributed by atoms with Crippen LogP contribution in [0.15, 0.2) is 59.1 Å². The van der Waals surface area contributed by atoms with Crippen LogP contribution in [0.5, 0.6) is 0 Å². The predicted molar refractivity (Wildman–Crippen MR) is 103 cm³/mol. The molecule has 3 rings (SSSR count). The first-order valence-electron chi connectivity index (χ1n) is 8.30. The van der Waals surface area contributed by atoms with Gasteiger partial charge in [-0.25, -0.2) is 4.79 Å². The molecule has 0 saturated heterocycles. The van der Waals surface area contributed by atoms with Gasteiger partial charge in [-0.2, -0.15) is 0 Å². The molecule has 3 aromatic rings. The molecule has 0 aliphatic heterocycles. The molecule has 0 radical (unpaired) electrons. The molecule has 6 heteroatoms. The maximum atomic E-state index is 13.0. The summed E-state index contributed by atoms with van der Waals surface area (Å²) in [5.41, 5.74) is 1.16. The molecule has 0 unspecified atom stereocenters. The zero-order valence-corrected chi connectivity index (χ0v) is 15.3. The lowest BCUT2D eigenvalue weighted by molar-refractivity contribution is 0.0512. The normalized spacial score (nSPS) is 10.9. The van der Waals surface area contributed by atoms with Crippen LogP contribution in [0, 0.1) is 0 Å². The SMILES string of the molecule is CCOC(=O)c1noc(/C=C/c2cccc(Cl)c2)c1C(=O)c1ccccc1. The maximum absolute atomic E-state index is 13.0. The van der Waals surface area contributed by atoms with Crippen LogP contribution >= 0.6 is 11.6 Å². The fraction of sp³-hybridized carbons (Fsp3) is 0.0952. The van der Waals surface area contributed by atoms with Crippen molar-refractivity contribution >= 4 is 35.5 Å². The van der Waals surface area contributed by atoms with Crippen LogP contribution in [0.1, 0.15) is 44.7 Å². The van der Waals surface area contributed by atoms with Crippen molar-refractivity contribution in [2.45, 2.75) is 6.92 Å². The molecule has 5 nitrogen and oxygen atoms in total. The van der Waals surface area contributed by atoms with E-state index in [0.29, 0.717) is 10.6 Å². The third-order valence-corrected chi connectivity index (χ3v) is 3.96. The van der Waals surface area contributed by atoms with Gasteiger partial charge >= 0.3 is 5.97 Å². The highest BCUT2D eigenvalue weighted by Gasteiger charge is 2.28. The number of hydrogen-bond acceptors (Lipinski definition) is 5. The summed E-state index contributed by atoms with van der Waals surface area (Å²) in [7, 11) is 0. The summed E-state index contributed by atoms with van der Waals surface area (Å²) in [4.78, 5) is 25.2. The lowest BCUT2D eigenvalue weighted by Crippen LogP contribution is -2.12. The first kappa shape index (κ1) is 18.6. The van der Waals surface area contributed by atoms with E-state index < -0.39 is 5.97 Å². The Hall–Kier alpha value is -3.18. The molecule has 0 amide bonds. The highest BCUT2D eigenvalue weighted by Crippen LogP contribution is 2.23.